The van der Waals surface area contributed by atoms with E-state index in [1.165, 1.54) is 24.5 Å². The van der Waals surface area contributed by atoms with Gasteiger partial charge in [0.1, 0.15) is 18.0 Å². The number of hydrogen-bond acceptors (Lipinski definition) is 4. The van der Waals surface area contributed by atoms with E-state index in [-0.39, 0.29) is 4.90 Å². The molecule has 0 fully saturated rings. The Hall–Kier alpha value is -1.80. The Morgan fingerprint density at radius 2 is 2.22 bits per heavy atom. The molecule has 18 heavy (non-hydrogen) atoms. The van der Waals surface area contributed by atoms with Crippen LogP contribution in [0.5, 0.6) is 0 Å². The van der Waals surface area contributed by atoms with Gasteiger partial charge in [-0.15, -0.1) is 0 Å². The Kier molecular flexibility index (Phi) is 3.39. The number of nitrogens with one attached hydrogen (secondary N) is 2. The van der Waals surface area contributed by atoms with Crippen molar-refractivity contribution in [1.29, 1.82) is 0 Å². The summed E-state index contributed by atoms with van der Waals surface area (Å²) in [7, 11) is -3.79. The van der Waals surface area contributed by atoms with Crippen molar-refractivity contribution in [2.75, 3.05) is 0 Å². The lowest BCUT2D eigenvalue weighted by atomic mass is 10.3. The molecule has 2 N–H and O–H groups in total. The highest BCUT2D eigenvalue weighted by atomic mass is 32.2. The van der Waals surface area contributed by atoms with E-state index in [0.717, 1.165) is 6.07 Å². The van der Waals surface area contributed by atoms with E-state index in [4.69, 9.17) is 0 Å². The van der Waals surface area contributed by atoms with Gasteiger partial charge in [-0.3, -0.25) is 5.10 Å². The molecule has 0 aliphatic carbocycles. The predicted molar refractivity (Wildman–Crippen MR) is 61.5 cm³/mol. The molecule has 1 atom stereocenters. The maximum absolute atomic E-state index is 13.0. The number of H-pyrrole nitrogens is 1. The highest BCUT2D eigenvalue weighted by Crippen LogP contribution is 2.14. The van der Waals surface area contributed by atoms with Gasteiger partial charge in [0.05, 0.1) is 10.9 Å². The van der Waals surface area contributed by atoms with Crippen molar-refractivity contribution in [3.63, 3.8) is 0 Å². The number of aromatic amines is 1. The van der Waals surface area contributed by atoms with Gasteiger partial charge in [0.2, 0.25) is 10.0 Å². The molecule has 6 nitrogen and oxygen atoms in total. The van der Waals surface area contributed by atoms with Crippen molar-refractivity contribution in [1.82, 2.24) is 19.9 Å². The third-order valence-electron chi connectivity index (χ3n) is 2.28. The molecule has 0 saturated heterocycles. The fourth-order valence-corrected chi connectivity index (χ4v) is 2.65. The minimum Gasteiger partial charge on any atom is -0.262 e. The quantitative estimate of drug-likeness (QED) is 0.867. The molecule has 2 rings (SSSR count). The molecular formula is C10H11FN4O2S. The fourth-order valence-electron chi connectivity index (χ4n) is 1.41. The predicted octanol–water partition coefficient (Wildman–Crippen LogP) is 0.983. The second kappa shape index (κ2) is 4.83. The zero-order chi connectivity index (χ0) is 13.2. The molecular weight excluding hydrogens is 259 g/mol. The molecule has 1 aromatic carbocycles. The van der Waals surface area contributed by atoms with Crippen LogP contribution in [0.3, 0.4) is 0 Å². The Morgan fingerprint density at radius 3 is 2.83 bits per heavy atom. The molecule has 0 amide bonds. The number of hydrogen-bond donors (Lipinski definition) is 2. The van der Waals surface area contributed by atoms with Crippen LogP contribution in [0.1, 0.15) is 18.8 Å². The molecule has 0 saturated carbocycles. The second-order valence-electron chi connectivity index (χ2n) is 3.67. The Morgan fingerprint density at radius 1 is 1.44 bits per heavy atom. The molecule has 0 spiro atoms. The van der Waals surface area contributed by atoms with Crippen molar-refractivity contribution in [2.45, 2.75) is 17.9 Å². The summed E-state index contributed by atoms with van der Waals surface area (Å²) < 4.78 is 39.3. The van der Waals surface area contributed by atoms with Crippen LogP contribution in [0.4, 0.5) is 4.39 Å². The first-order chi connectivity index (χ1) is 8.49. The molecule has 1 aromatic heterocycles. The lowest BCUT2D eigenvalue weighted by Gasteiger charge is -2.11. The van der Waals surface area contributed by atoms with Gasteiger partial charge in [0.25, 0.3) is 0 Å². The highest BCUT2D eigenvalue weighted by molar-refractivity contribution is 7.89. The van der Waals surface area contributed by atoms with E-state index < -0.39 is 21.9 Å². The zero-order valence-corrected chi connectivity index (χ0v) is 10.3. The summed E-state index contributed by atoms with van der Waals surface area (Å²) in [5.41, 5.74) is 0. The van der Waals surface area contributed by atoms with Crippen LogP contribution in [0.2, 0.25) is 0 Å². The van der Waals surface area contributed by atoms with E-state index in [0.29, 0.717) is 5.82 Å². The standard InChI is InChI=1S/C10H11FN4O2S/c1-7(10-12-6-13-14-10)15-18(16,17)9-4-2-3-8(11)5-9/h2-7,15H,1H3,(H,12,13,14). The first kappa shape index (κ1) is 12.7. The van der Waals surface area contributed by atoms with Crippen molar-refractivity contribution < 1.29 is 12.8 Å². The van der Waals surface area contributed by atoms with Crippen LogP contribution in [0.25, 0.3) is 0 Å². The lowest BCUT2D eigenvalue weighted by molar-refractivity contribution is 0.557. The van der Waals surface area contributed by atoms with Crippen molar-refractivity contribution >= 4 is 10.0 Å². The summed E-state index contributed by atoms with van der Waals surface area (Å²) >= 11 is 0. The van der Waals surface area contributed by atoms with E-state index in [1.54, 1.807) is 6.92 Å². The van der Waals surface area contributed by atoms with Crippen LogP contribution >= 0.6 is 0 Å². The number of nitrogens with zero attached hydrogens (tertiary/aromatic N) is 2. The number of benzene rings is 1. The van der Waals surface area contributed by atoms with Crippen LogP contribution in [0.15, 0.2) is 35.5 Å². The van der Waals surface area contributed by atoms with Crippen LogP contribution in [-0.4, -0.2) is 23.6 Å². The minimum absolute atomic E-state index is 0.131. The van der Waals surface area contributed by atoms with Gasteiger partial charge in [-0.2, -0.15) is 5.10 Å². The first-order valence-electron chi connectivity index (χ1n) is 5.12. The summed E-state index contributed by atoms with van der Waals surface area (Å²) in [6.07, 6.45) is 1.28. The second-order valence-corrected chi connectivity index (χ2v) is 5.39. The summed E-state index contributed by atoms with van der Waals surface area (Å²) in [6.45, 7) is 1.61. The fraction of sp³-hybridized carbons (Fsp3) is 0.200. The van der Waals surface area contributed by atoms with Crippen LogP contribution in [0, 0.1) is 5.82 Å². The molecule has 2 aromatic rings. The molecule has 1 unspecified atom stereocenters. The topological polar surface area (TPSA) is 87.7 Å². The van der Waals surface area contributed by atoms with Gasteiger partial charge < -0.3 is 0 Å². The number of sulfonamides is 1. The SMILES string of the molecule is CC(NS(=O)(=O)c1cccc(F)c1)c1ncn[nH]1. The van der Waals surface area contributed by atoms with E-state index in [2.05, 4.69) is 19.9 Å². The number of aromatic nitrogens is 3. The van der Waals surface area contributed by atoms with Gasteiger partial charge in [-0.25, -0.2) is 22.5 Å². The summed E-state index contributed by atoms with van der Waals surface area (Å²) in [6, 6.07) is 4.20. The average molecular weight is 270 g/mol. The van der Waals surface area contributed by atoms with Crippen LogP contribution < -0.4 is 4.72 Å². The van der Waals surface area contributed by atoms with E-state index in [9.17, 15) is 12.8 Å². The third kappa shape index (κ3) is 2.71. The monoisotopic (exact) mass is 270 g/mol. The van der Waals surface area contributed by atoms with Gasteiger partial charge in [-0.1, -0.05) is 6.07 Å². The van der Waals surface area contributed by atoms with Gasteiger partial charge in [0, 0.05) is 0 Å². The van der Waals surface area contributed by atoms with Crippen molar-refractivity contribution in [3.05, 3.63) is 42.2 Å². The first-order valence-corrected chi connectivity index (χ1v) is 6.60. The van der Waals surface area contributed by atoms with Crippen LogP contribution in [-0.2, 0) is 10.0 Å². The van der Waals surface area contributed by atoms with Gasteiger partial charge >= 0.3 is 0 Å². The summed E-state index contributed by atoms with van der Waals surface area (Å²) in [5.74, 6) is -0.222. The molecule has 8 heteroatoms. The van der Waals surface area contributed by atoms with Crippen molar-refractivity contribution in [2.24, 2.45) is 0 Å². The molecule has 0 bridgehead atoms. The molecule has 0 aliphatic rings. The van der Waals surface area contributed by atoms with Gasteiger partial charge in [-0.05, 0) is 25.1 Å². The maximum atomic E-state index is 13.0. The molecule has 1 heterocycles. The summed E-state index contributed by atoms with van der Waals surface area (Å²) in [4.78, 5) is 3.71. The van der Waals surface area contributed by atoms with E-state index in [1.807, 2.05) is 0 Å². The van der Waals surface area contributed by atoms with Gasteiger partial charge in [0.15, 0.2) is 0 Å². The molecule has 96 valence electrons. The number of rotatable bonds is 4. The smallest absolute Gasteiger partial charge is 0.241 e. The Bertz CT molecular complexity index is 627. The lowest BCUT2D eigenvalue weighted by Crippen LogP contribution is -2.27. The normalized spacial score (nSPS) is 13.4. The maximum Gasteiger partial charge on any atom is 0.241 e. The van der Waals surface area contributed by atoms with Crippen molar-refractivity contribution in [3.8, 4) is 0 Å². The average Bonchev–Trinajstić information content (AvgIpc) is 2.82. The zero-order valence-electron chi connectivity index (χ0n) is 9.46. The number of halogens is 1. The summed E-state index contributed by atoms with van der Waals surface area (Å²) in [5, 5.41) is 6.19. The Labute approximate surface area is 103 Å². The Balaban J connectivity index is 2.22. The molecule has 0 radical (unpaired) electrons. The minimum atomic E-state index is -3.79. The largest absolute Gasteiger partial charge is 0.262 e. The van der Waals surface area contributed by atoms with E-state index >= 15 is 0 Å². The third-order valence-corrected chi connectivity index (χ3v) is 3.82. The molecule has 0 aliphatic heterocycles. The highest BCUT2D eigenvalue weighted by Gasteiger charge is 2.20.